The van der Waals surface area contributed by atoms with E-state index in [0.717, 1.165) is 6.07 Å². The van der Waals surface area contributed by atoms with Crippen molar-refractivity contribution < 1.29 is 36.2 Å². The lowest BCUT2D eigenvalue weighted by atomic mass is 9.89. The van der Waals surface area contributed by atoms with Crippen LogP contribution in [-0.4, -0.2) is 17.6 Å². The number of nitrogens with two attached hydrogens (primary N) is 1. The number of carbonyl (C=O) groups is 1. The van der Waals surface area contributed by atoms with Crippen LogP contribution in [0.25, 0.3) is 0 Å². The average molecular weight is 357 g/mol. The van der Waals surface area contributed by atoms with Gasteiger partial charge in [0.2, 0.25) is 0 Å². The second kappa shape index (κ2) is 7.42. The van der Waals surface area contributed by atoms with Crippen LogP contribution in [0.2, 0.25) is 0 Å². The highest BCUT2D eigenvalue weighted by Gasteiger charge is 2.43. The number of alkyl halides is 6. The number of benzene rings is 1. The van der Waals surface area contributed by atoms with Crippen molar-refractivity contribution in [2.75, 3.05) is 6.54 Å². The first-order chi connectivity index (χ1) is 10.9. The van der Waals surface area contributed by atoms with Crippen molar-refractivity contribution in [2.45, 2.75) is 32.1 Å². The molecule has 0 amide bonds. The lowest BCUT2D eigenvalue weighted by molar-refractivity contribution is -0.162. The average Bonchev–Trinajstić information content (AvgIpc) is 2.42. The monoisotopic (exact) mass is 357 g/mol. The van der Waals surface area contributed by atoms with E-state index in [0.29, 0.717) is 12.1 Å². The highest BCUT2D eigenvalue weighted by atomic mass is 19.4. The standard InChI is InChI=1S/C15H17F6NO2/c1-8(5-10(7-22)13(23)24)4-9-2-3-11(14(16,17)18)12(6-9)15(19,20)21/h2-3,6,8,10H,4-5,7,22H2,1H3,(H,23,24). The van der Waals surface area contributed by atoms with Gasteiger partial charge in [-0.25, -0.2) is 0 Å². The van der Waals surface area contributed by atoms with E-state index in [-0.39, 0.29) is 30.9 Å². The molecule has 0 saturated heterocycles. The fourth-order valence-electron chi connectivity index (χ4n) is 2.47. The molecule has 0 bridgehead atoms. The van der Waals surface area contributed by atoms with E-state index < -0.39 is 35.4 Å². The zero-order valence-electron chi connectivity index (χ0n) is 12.7. The van der Waals surface area contributed by atoms with Crippen molar-refractivity contribution in [3.8, 4) is 0 Å². The molecule has 0 aliphatic heterocycles. The van der Waals surface area contributed by atoms with Gasteiger partial charge in [0, 0.05) is 6.54 Å². The van der Waals surface area contributed by atoms with E-state index in [2.05, 4.69) is 0 Å². The van der Waals surface area contributed by atoms with Gasteiger partial charge in [-0.3, -0.25) is 4.79 Å². The van der Waals surface area contributed by atoms with E-state index in [1.165, 1.54) is 0 Å². The minimum Gasteiger partial charge on any atom is -0.481 e. The minimum atomic E-state index is -5.13. The van der Waals surface area contributed by atoms with Crippen molar-refractivity contribution in [1.29, 1.82) is 0 Å². The molecule has 0 saturated carbocycles. The Hall–Kier alpha value is -1.77. The van der Waals surface area contributed by atoms with Crippen LogP contribution in [0.1, 0.15) is 30.0 Å². The molecule has 136 valence electrons. The van der Waals surface area contributed by atoms with Crippen LogP contribution in [0.4, 0.5) is 26.3 Å². The number of hydrogen-bond donors (Lipinski definition) is 2. The molecule has 3 N–H and O–H groups in total. The predicted octanol–water partition coefficient (Wildman–Crippen LogP) is 3.95. The first-order valence-electron chi connectivity index (χ1n) is 7.06. The zero-order chi connectivity index (χ0) is 18.7. The first kappa shape index (κ1) is 20.3. The molecular weight excluding hydrogens is 340 g/mol. The summed E-state index contributed by atoms with van der Waals surface area (Å²) in [6.45, 7) is 1.48. The number of carboxylic acids is 1. The number of halogens is 6. The Morgan fingerprint density at radius 3 is 2.08 bits per heavy atom. The molecule has 2 unspecified atom stereocenters. The SMILES string of the molecule is CC(Cc1ccc(C(F)(F)F)c(C(F)(F)F)c1)CC(CN)C(=O)O. The summed E-state index contributed by atoms with van der Waals surface area (Å²) in [6, 6.07) is 1.85. The smallest absolute Gasteiger partial charge is 0.417 e. The van der Waals surface area contributed by atoms with E-state index in [1.807, 2.05) is 0 Å². The molecule has 24 heavy (non-hydrogen) atoms. The fourth-order valence-corrected chi connectivity index (χ4v) is 2.47. The summed E-state index contributed by atoms with van der Waals surface area (Å²) in [6.07, 6.45) is -10.1. The molecule has 1 rings (SSSR count). The van der Waals surface area contributed by atoms with Gasteiger partial charge in [-0.15, -0.1) is 0 Å². The van der Waals surface area contributed by atoms with Gasteiger partial charge in [0.05, 0.1) is 17.0 Å². The lowest BCUT2D eigenvalue weighted by Gasteiger charge is -2.19. The van der Waals surface area contributed by atoms with Gasteiger partial charge in [0.25, 0.3) is 0 Å². The van der Waals surface area contributed by atoms with Crippen LogP contribution in [0, 0.1) is 11.8 Å². The Kier molecular flexibility index (Phi) is 6.26. The summed E-state index contributed by atoms with van der Waals surface area (Å²) in [5.41, 5.74) is 1.89. The molecule has 1 aromatic carbocycles. The summed E-state index contributed by atoms with van der Waals surface area (Å²) in [5.74, 6) is -2.32. The highest BCUT2D eigenvalue weighted by Crippen LogP contribution is 2.40. The summed E-state index contributed by atoms with van der Waals surface area (Å²) in [5, 5.41) is 8.91. The Labute approximate surface area is 134 Å². The first-order valence-corrected chi connectivity index (χ1v) is 7.06. The molecule has 0 aliphatic carbocycles. The zero-order valence-corrected chi connectivity index (χ0v) is 12.7. The Morgan fingerprint density at radius 1 is 1.12 bits per heavy atom. The van der Waals surface area contributed by atoms with Gasteiger partial charge in [-0.05, 0) is 36.5 Å². The maximum atomic E-state index is 12.9. The van der Waals surface area contributed by atoms with E-state index in [1.54, 1.807) is 6.92 Å². The molecule has 0 radical (unpaired) electrons. The minimum absolute atomic E-state index is 0.0188. The molecule has 9 heteroatoms. The maximum absolute atomic E-state index is 12.9. The lowest BCUT2D eigenvalue weighted by Crippen LogP contribution is -2.25. The quantitative estimate of drug-likeness (QED) is 0.758. The van der Waals surface area contributed by atoms with Crippen molar-refractivity contribution in [3.63, 3.8) is 0 Å². The Morgan fingerprint density at radius 2 is 1.67 bits per heavy atom. The van der Waals surface area contributed by atoms with Gasteiger partial charge < -0.3 is 10.8 Å². The van der Waals surface area contributed by atoms with Crippen LogP contribution in [0.3, 0.4) is 0 Å². The summed E-state index contributed by atoms with van der Waals surface area (Å²) < 4.78 is 76.7. The fraction of sp³-hybridized carbons (Fsp3) is 0.533. The molecule has 0 heterocycles. The molecule has 2 atom stereocenters. The van der Waals surface area contributed by atoms with Gasteiger partial charge in [-0.2, -0.15) is 26.3 Å². The van der Waals surface area contributed by atoms with Gasteiger partial charge in [0.15, 0.2) is 0 Å². The van der Waals surface area contributed by atoms with Crippen LogP contribution < -0.4 is 5.73 Å². The van der Waals surface area contributed by atoms with Gasteiger partial charge in [0.1, 0.15) is 0 Å². The molecule has 0 fully saturated rings. The molecule has 0 aliphatic rings. The molecular formula is C15H17F6NO2. The third kappa shape index (κ3) is 5.40. The van der Waals surface area contributed by atoms with E-state index in [4.69, 9.17) is 10.8 Å². The van der Waals surface area contributed by atoms with Crippen LogP contribution in [-0.2, 0) is 23.6 Å². The van der Waals surface area contributed by atoms with Crippen LogP contribution >= 0.6 is 0 Å². The number of hydrogen-bond acceptors (Lipinski definition) is 2. The molecule has 0 spiro atoms. The number of rotatable bonds is 6. The number of aliphatic carboxylic acids is 1. The van der Waals surface area contributed by atoms with E-state index >= 15 is 0 Å². The molecule has 0 aromatic heterocycles. The molecule has 1 aromatic rings. The highest BCUT2D eigenvalue weighted by molar-refractivity contribution is 5.70. The van der Waals surface area contributed by atoms with Gasteiger partial charge >= 0.3 is 18.3 Å². The summed E-state index contributed by atoms with van der Waals surface area (Å²) in [4.78, 5) is 10.9. The van der Waals surface area contributed by atoms with E-state index in [9.17, 15) is 31.1 Å². The summed E-state index contributed by atoms with van der Waals surface area (Å²) >= 11 is 0. The van der Waals surface area contributed by atoms with Crippen LogP contribution in [0.15, 0.2) is 18.2 Å². The van der Waals surface area contributed by atoms with Crippen molar-refractivity contribution in [1.82, 2.24) is 0 Å². The Bertz CT molecular complexity index is 582. The third-order valence-electron chi connectivity index (χ3n) is 3.60. The van der Waals surface area contributed by atoms with Crippen molar-refractivity contribution >= 4 is 5.97 Å². The van der Waals surface area contributed by atoms with Crippen molar-refractivity contribution in [2.24, 2.45) is 17.6 Å². The summed E-state index contributed by atoms with van der Waals surface area (Å²) in [7, 11) is 0. The van der Waals surface area contributed by atoms with Crippen LogP contribution in [0.5, 0.6) is 0 Å². The van der Waals surface area contributed by atoms with Gasteiger partial charge in [-0.1, -0.05) is 13.0 Å². The molecule has 3 nitrogen and oxygen atoms in total. The third-order valence-corrected chi connectivity index (χ3v) is 3.60. The van der Waals surface area contributed by atoms with Crippen molar-refractivity contribution in [3.05, 3.63) is 34.9 Å². The second-order valence-electron chi connectivity index (χ2n) is 5.69. The Balaban J connectivity index is 3.04. The second-order valence-corrected chi connectivity index (χ2v) is 5.69. The largest absolute Gasteiger partial charge is 0.481 e. The number of carboxylic acid groups (broad SMARTS) is 1. The normalized spacial score (nSPS) is 15.2. The maximum Gasteiger partial charge on any atom is 0.417 e. The topological polar surface area (TPSA) is 63.3 Å². The predicted molar refractivity (Wildman–Crippen MR) is 74.1 cm³/mol.